The molecule has 18 heavy (non-hydrogen) atoms. The van der Waals surface area contributed by atoms with E-state index in [0.29, 0.717) is 13.0 Å². The molecule has 2 aromatic rings. The highest BCUT2D eigenvalue weighted by atomic mass is 16.8. The van der Waals surface area contributed by atoms with Gasteiger partial charge in [0.15, 0.2) is 0 Å². The summed E-state index contributed by atoms with van der Waals surface area (Å²) in [5.41, 5.74) is -0.244. The van der Waals surface area contributed by atoms with E-state index in [0.717, 1.165) is 6.07 Å². The second kappa shape index (κ2) is 3.72. The summed E-state index contributed by atoms with van der Waals surface area (Å²) in [6.07, 6.45) is 0.567. The quantitative estimate of drug-likeness (QED) is 0.413. The minimum Gasteiger partial charge on any atom is -0.486 e. The molecular weight excluding hydrogens is 246 g/mol. The van der Waals surface area contributed by atoms with Crippen LogP contribution in [0.5, 0.6) is 11.5 Å². The van der Waals surface area contributed by atoms with Gasteiger partial charge in [0, 0.05) is 11.6 Å². The lowest BCUT2D eigenvalue weighted by Gasteiger charge is -2.06. The first-order valence-electron chi connectivity index (χ1n) is 5.15. The number of hydrogen-bond acceptors (Lipinski definition) is 7. The Labute approximate surface area is 99.2 Å². The number of nitrogens with zero attached hydrogens (tertiary/aromatic N) is 3. The van der Waals surface area contributed by atoms with Crippen molar-refractivity contribution in [1.29, 1.82) is 0 Å². The highest BCUT2D eigenvalue weighted by Crippen LogP contribution is 2.42. The van der Waals surface area contributed by atoms with Gasteiger partial charge in [-0.3, -0.25) is 14.7 Å². The Balaban J connectivity index is 2.37. The van der Waals surface area contributed by atoms with Crippen LogP contribution in [-0.4, -0.2) is 23.3 Å². The second-order valence-electron chi connectivity index (χ2n) is 3.66. The number of nitro groups is 1. The molecule has 0 fully saturated rings. The van der Waals surface area contributed by atoms with Crippen LogP contribution in [0.25, 0.3) is 11.0 Å². The zero-order valence-electron chi connectivity index (χ0n) is 8.99. The van der Waals surface area contributed by atoms with Crippen molar-refractivity contribution in [3.8, 4) is 11.5 Å². The van der Waals surface area contributed by atoms with E-state index in [1.54, 1.807) is 0 Å². The van der Waals surface area contributed by atoms with Crippen LogP contribution in [-0.2, 0) is 0 Å². The molecule has 0 unspecified atom stereocenters. The van der Waals surface area contributed by atoms with Crippen LogP contribution in [0, 0.1) is 15.3 Å². The van der Waals surface area contributed by atoms with Gasteiger partial charge < -0.3 is 14.7 Å². The van der Waals surface area contributed by atoms with E-state index in [1.807, 2.05) is 0 Å². The summed E-state index contributed by atoms with van der Waals surface area (Å²) < 4.78 is 15.0. The molecule has 0 N–H and O–H groups in total. The van der Waals surface area contributed by atoms with Crippen molar-refractivity contribution in [2.75, 3.05) is 13.2 Å². The first-order valence-corrected chi connectivity index (χ1v) is 5.15. The molecule has 3 rings (SSSR count). The number of nitro benzene ring substituents is 1. The van der Waals surface area contributed by atoms with Crippen LogP contribution in [0.4, 0.5) is 5.69 Å². The van der Waals surface area contributed by atoms with E-state index in [2.05, 4.69) is 9.79 Å². The van der Waals surface area contributed by atoms with Gasteiger partial charge in [0.2, 0.25) is 11.5 Å². The van der Waals surface area contributed by atoms with Gasteiger partial charge >= 0.3 is 5.69 Å². The Morgan fingerprint density at radius 2 is 2.06 bits per heavy atom. The lowest BCUT2D eigenvalue weighted by Crippen LogP contribution is -2.23. The van der Waals surface area contributed by atoms with Gasteiger partial charge in [0.25, 0.3) is 11.0 Å². The van der Waals surface area contributed by atoms with E-state index < -0.39 is 4.92 Å². The van der Waals surface area contributed by atoms with Gasteiger partial charge in [-0.1, -0.05) is 0 Å². The van der Waals surface area contributed by atoms with E-state index in [4.69, 9.17) is 9.47 Å². The maximum Gasteiger partial charge on any atom is 0.319 e. The molecule has 9 nitrogen and oxygen atoms in total. The third kappa shape index (κ3) is 1.40. The second-order valence-corrected chi connectivity index (χ2v) is 3.66. The number of fused-ring (bicyclic) bond motifs is 3. The average molecular weight is 253 g/mol. The molecule has 9 heteroatoms. The summed E-state index contributed by atoms with van der Waals surface area (Å²) in [6.45, 7) is 0.581. The predicted molar refractivity (Wildman–Crippen MR) is 55.2 cm³/mol. The molecule has 0 bridgehead atoms. The lowest BCUT2D eigenvalue weighted by molar-refractivity contribution is -0.782. The topological polar surface area (TPSA) is 115 Å². The maximum atomic E-state index is 11.4. The summed E-state index contributed by atoms with van der Waals surface area (Å²) in [5.74, 6) is -0.0502. The van der Waals surface area contributed by atoms with Crippen molar-refractivity contribution in [2.45, 2.75) is 6.42 Å². The summed E-state index contributed by atoms with van der Waals surface area (Å²) in [5, 5.41) is 25.8. The Morgan fingerprint density at radius 3 is 2.78 bits per heavy atom. The van der Waals surface area contributed by atoms with Gasteiger partial charge in [-0.25, -0.2) is 0 Å². The molecule has 2 heterocycles. The smallest absolute Gasteiger partial charge is 0.319 e. The van der Waals surface area contributed by atoms with Crippen LogP contribution in [0.1, 0.15) is 6.42 Å². The molecule has 0 amide bonds. The molecule has 1 aromatic carbocycles. The molecule has 0 saturated heterocycles. The Kier molecular flexibility index (Phi) is 2.18. The molecule has 1 aliphatic rings. The Morgan fingerprint density at radius 1 is 1.33 bits per heavy atom. The van der Waals surface area contributed by atoms with Gasteiger partial charge in [-0.2, -0.15) is 0 Å². The third-order valence-electron chi connectivity index (χ3n) is 2.54. The van der Waals surface area contributed by atoms with Gasteiger partial charge in [0.1, 0.15) is 0 Å². The van der Waals surface area contributed by atoms with E-state index >= 15 is 0 Å². The fourth-order valence-electron chi connectivity index (χ4n) is 1.79. The van der Waals surface area contributed by atoms with Crippen molar-refractivity contribution < 1.29 is 23.9 Å². The molecule has 0 radical (unpaired) electrons. The fourth-order valence-corrected chi connectivity index (χ4v) is 1.79. The molecule has 0 spiro atoms. The predicted octanol–water partition coefficient (Wildman–Crippen LogP) is 0.531. The van der Waals surface area contributed by atoms with Crippen molar-refractivity contribution in [1.82, 2.24) is 5.16 Å². The van der Waals surface area contributed by atoms with Crippen LogP contribution >= 0.6 is 0 Å². The first kappa shape index (κ1) is 10.6. The summed E-state index contributed by atoms with van der Waals surface area (Å²) >= 11 is 0. The minimum atomic E-state index is -0.614. The molecule has 0 atom stereocenters. The number of ether oxygens (including phenoxy) is 2. The SMILES string of the molecule is O=[N+]([O-])c1cc2no[n+]([O-])c2c2c1OCCCO2. The molecule has 94 valence electrons. The van der Waals surface area contributed by atoms with Crippen LogP contribution in [0.15, 0.2) is 10.7 Å². The minimum absolute atomic E-state index is 0.00231. The number of aromatic nitrogens is 2. The van der Waals surface area contributed by atoms with Crippen LogP contribution < -0.4 is 14.4 Å². The molecular formula is C9H7N3O6. The van der Waals surface area contributed by atoms with Gasteiger partial charge in [-0.15, -0.1) is 0 Å². The normalized spacial score (nSPS) is 14.4. The molecule has 0 aliphatic carbocycles. The van der Waals surface area contributed by atoms with Crippen molar-refractivity contribution >= 4 is 16.7 Å². The highest BCUT2D eigenvalue weighted by molar-refractivity contribution is 5.85. The number of hydrogen-bond donors (Lipinski definition) is 0. The maximum absolute atomic E-state index is 11.4. The Bertz CT molecular complexity index is 637. The average Bonchev–Trinajstić information content (AvgIpc) is 2.58. The number of benzene rings is 1. The zero-order valence-corrected chi connectivity index (χ0v) is 8.99. The largest absolute Gasteiger partial charge is 0.486 e. The zero-order chi connectivity index (χ0) is 12.7. The van der Waals surface area contributed by atoms with E-state index in [-0.39, 0.29) is 39.7 Å². The highest BCUT2D eigenvalue weighted by Gasteiger charge is 2.32. The number of rotatable bonds is 1. The van der Waals surface area contributed by atoms with E-state index in [1.165, 1.54) is 0 Å². The van der Waals surface area contributed by atoms with Crippen molar-refractivity contribution in [3.05, 3.63) is 21.4 Å². The summed E-state index contributed by atoms with van der Waals surface area (Å²) in [6, 6.07) is 1.13. The molecule has 0 saturated carbocycles. The third-order valence-corrected chi connectivity index (χ3v) is 2.54. The lowest BCUT2D eigenvalue weighted by atomic mass is 10.2. The fraction of sp³-hybridized carbons (Fsp3) is 0.333. The summed E-state index contributed by atoms with van der Waals surface area (Å²) in [4.78, 5) is 10.5. The standard InChI is InChI=1S/C9H7N3O6/c13-11(14)6-4-5-7(12(15)18-10-5)9-8(6)16-2-1-3-17-9/h4H,1-3H2. The molecule has 1 aromatic heterocycles. The Hall–Kier alpha value is -2.58. The van der Waals surface area contributed by atoms with Crippen LogP contribution in [0.3, 0.4) is 0 Å². The summed E-state index contributed by atoms with van der Waals surface area (Å²) in [7, 11) is 0. The van der Waals surface area contributed by atoms with Crippen LogP contribution in [0.2, 0.25) is 0 Å². The van der Waals surface area contributed by atoms with Gasteiger partial charge in [-0.05, 0) is 4.90 Å². The van der Waals surface area contributed by atoms with E-state index in [9.17, 15) is 15.3 Å². The molecule has 1 aliphatic heterocycles. The first-order chi connectivity index (χ1) is 8.68. The van der Waals surface area contributed by atoms with Gasteiger partial charge in [0.05, 0.1) is 24.2 Å². The van der Waals surface area contributed by atoms with Crippen molar-refractivity contribution in [3.63, 3.8) is 0 Å². The monoisotopic (exact) mass is 253 g/mol. The van der Waals surface area contributed by atoms with Crippen molar-refractivity contribution in [2.24, 2.45) is 0 Å².